The SMILES string of the molecule is CC(C)C1CN(c2ccc(-c3ccc(S(C)(=O)=O)cc3)nn2)CCN1C(=S)Nc1cccc2ncccc12. The molecule has 0 radical (unpaired) electrons. The monoisotopic (exact) mass is 546 g/mol. The Bertz CT molecular complexity index is 1550. The van der Waals surface area contributed by atoms with Gasteiger partial charge in [-0.25, -0.2) is 8.42 Å². The zero-order chi connectivity index (χ0) is 26.9. The van der Waals surface area contributed by atoms with Gasteiger partial charge in [0.25, 0.3) is 0 Å². The summed E-state index contributed by atoms with van der Waals surface area (Å²) in [7, 11) is -3.24. The van der Waals surface area contributed by atoms with Crippen molar-refractivity contribution in [2.45, 2.75) is 24.8 Å². The van der Waals surface area contributed by atoms with Gasteiger partial charge in [-0.2, -0.15) is 0 Å². The Morgan fingerprint density at radius 1 is 1.00 bits per heavy atom. The molecule has 1 N–H and O–H groups in total. The summed E-state index contributed by atoms with van der Waals surface area (Å²) in [6, 6.07) is 20.8. The Kier molecular flexibility index (Phi) is 7.27. The van der Waals surface area contributed by atoms with Crippen LogP contribution >= 0.6 is 12.2 Å². The number of hydrogen-bond acceptors (Lipinski definition) is 7. The highest BCUT2D eigenvalue weighted by Gasteiger charge is 2.31. The van der Waals surface area contributed by atoms with Gasteiger partial charge < -0.3 is 15.1 Å². The van der Waals surface area contributed by atoms with E-state index in [1.807, 2.05) is 42.5 Å². The molecule has 0 aliphatic carbocycles. The number of thiocarbonyl (C=S) groups is 1. The number of aromatic nitrogens is 3. The summed E-state index contributed by atoms with van der Waals surface area (Å²) < 4.78 is 23.5. The van der Waals surface area contributed by atoms with E-state index in [1.54, 1.807) is 30.5 Å². The lowest BCUT2D eigenvalue weighted by Gasteiger charge is -2.45. The molecule has 3 heterocycles. The van der Waals surface area contributed by atoms with E-state index in [-0.39, 0.29) is 10.9 Å². The number of sulfone groups is 1. The minimum absolute atomic E-state index is 0.196. The molecule has 0 saturated carbocycles. The van der Waals surface area contributed by atoms with Crippen LogP contribution in [-0.2, 0) is 9.84 Å². The lowest BCUT2D eigenvalue weighted by molar-refractivity contribution is 0.227. The van der Waals surface area contributed by atoms with Crippen LogP contribution in [0.2, 0.25) is 0 Å². The number of anilines is 2. The molecular formula is C28H30N6O2S2. The molecule has 4 aromatic rings. The van der Waals surface area contributed by atoms with Crippen LogP contribution in [0.4, 0.5) is 11.5 Å². The molecule has 8 nitrogen and oxygen atoms in total. The zero-order valence-corrected chi connectivity index (χ0v) is 23.2. The highest BCUT2D eigenvalue weighted by atomic mass is 32.2. The van der Waals surface area contributed by atoms with E-state index in [4.69, 9.17) is 12.2 Å². The molecule has 1 aliphatic rings. The van der Waals surface area contributed by atoms with Gasteiger partial charge >= 0.3 is 0 Å². The van der Waals surface area contributed by atoms with E-state index in [1.165, 1.54) is 6.26 Å². The largest absolute Gasteiger partial charge is 0.351 e. The molecule has 0 bridgehead atoms. The van der Waals surface area contributed by atoms with E-state index in [9.17, 15) is 8.42 Å². The first-order valence-electron chi connectivity index (χ1n) is 12.5. The minimum Gasteiger partial charge on any atom is -0.351 e. The Morgan fingerprint density at radius 2 is 1.79 bits per heavy atom. The van der Waals surface area contributed by atoms with Gasteiger partial charge in [-0.1, -0.05) is 32.0 Å². The molecule has 5 rings (SSSR count). The zero-order valence-electron chi connectivity index (χ0n) is 21.6. The third kappa shape index (κ3) is 5.46. The average molecular weight is 547 g/mol. The number of benzene rings is 2. The summed E-state index contributed by atoms with van der Waals surface area (Å²) in [5.74, 6) is 1.18. The Morgan fingerprint density at radius 3 is 2.47 bits per heavy atom. The summed E-state index contributed by atoms with van der Waals surface area (Å²) in [5.41, 5.74) is 3.40. The molecule has 2 aromatic carbocycles. The van der Waals surface area contributed by atoms with Crippen LogP contribution in [0.5, 0.6) is 0 Å². The number of nitrogens with one attached hydrogen (secondary N) is 1. The second kappa shape index (κ2) is 10.6. The van der Waals surface area contributed by atoms with Gasteiger partial charge in [-0.15, -0.1) is 10.2 Å². The third-order valence-electron chi connectivity index (χ3n) is 6.89. The topological polar surface area (TPSA) is 91.3 Å². The van der Waals surface area contributed by atoms with Crippen molar-refractivity contribution in [3.63, 3.8) is 0 Å². The predicted octanol–water partition coefficient (Wildman–Crippen LogP) is 4.64. The van der Waals surface area contributed by atoms with Crippen LogP contribution in [0.15, 0.2) is 77.8 Å². The first-order chi connectivity index (χ1) is 18.2. The van der Waals surface area contributed by atoms with Crippen LogP contribution in [-0.4, -0.2) is 65.5 Å². The second-order valence-corrected chi connectivity index (χ2v) is 12.2. The Hall–Kier alpha value is -3.63. The maximum absolute atomic E-state index is 11.7. The Labute approximate surface area is 228 Å². The minimum atomic E-state index is -3.24. The molecule has 1 fully saturated rings. The average Bonchev–Trinajstić information content (AvgIpc) is 2.92. The van der Waals surface area contributed by atoms with Crippen LogP contribution in [0.1, 0.15) is 13.8 Å². The van der Waals surface area contributed by atoms with E-state index < -0.39 is 9.84 Å². The fraction of sp³-hybridized carbons (Fsp3) is 0.286. The lowest BCUT2D eigenvalue weighted by atomic mass is 10.00. The van der Waals surface area contributed by atoms with Gasteiger partial charge in [0.15, 0.2) is 20.8 Å². The number of fused-ring (bicyclic) bond motifs is 1. The molecule has 2 aromatic heterocycles. The van der Waals surface area contributed by atoms with Crippen molar-refractivity contribution in [1.82, 2.24) is 20.1 Å². The van der Waals surface area contributed by atoms with Crippen molar-refractivity contribution < 1.29 is 8.42 Å². The number of piperazine rings is 1. The van der Waals surface area contributed by atoms with Gasteiger partial charge in [0, 0.05) is 48.7 Å². The summed E-state index contributed by atoms with van der Waals surface area (Å²) in [4.78, 5) is 9.25. The smallest absolute Gasteiger partial charge is 0.175 e. The van der Waals surface area contributed by atoms with Crippen molar-refractivity contribution in [1.29, 1.82) is 0 Å². The molecule has 1 aliphatic heterocycles. The molecule has 10 heteroatoms. The Balaban J connectivity index is 1.29. The van der Waals surface area contributed by atoms with E-state index in [0.29, 0.717) is 16.7 Å². The van der Waals surface area contributed by atoms with E-state index >= 15 is 0 Å². The van der Waals surface area contributed by atoms with Gasteiger partial charge in [0.1, 0.15) is 0 Å². The summed E-state index contributed by atoms with van der Waals surface area (Å²) >= 11 is 5.88. The quantitative estimate of drug-likeness (QED) is 0.360. The summed E-state index contributed by atoms with van der Waals surface area (Å²) in [5, 5.41) is 14.1. The number of nitrogens with zero attached hydrogens (tertiary/aromatic N) is 5. The van der Waals surface area contributed by atoms with E-state index in [0.717, 1.165) is 47.6 Å². The van der Waals surface area contributed by atoms with E-state index in [2.05, 4.69) is 44.1 Å². The van der Waals surface area contributed by atoms with Gasteiger partial charge in [0.2, 0.25) is 0 Å². The normalized spacial score (nSPS) is 16.2. The summed E-state index contributed by atoms with van der Waals surface area (Å²) in [6.45, 7) is 6.71. The van der Waals surface area contributed by atoms with Crippen LogP contribution < -0.4 is 10.2 Å². The summed E-state index contributed by atoms with van der Waals surface area (Å²) in [6.07, 6.45) is 2.99. The first-order valence-corrected chi connectivity index (χ1v) is 14.8. The predicted molar refractivity (Wildman–Crippen MR) is 156 cm³/mol. The standard InChI is InChI=1S/C28H30N6O2S2/c1-19(2)26-18-33(27-14-13-23(31-32-27)20-9-11-21(12-10-20)38(3,35)36)16-17-34(26)28(37)30-25-8-4-7-24-22(25)6-5-15-29-24/h4-15,19,26H,16-18H2,1-3H3,(H,30,37). The molecule has 1 atom stereocenters. The second-order valence-electron chi connectivity index (χ2n) is 9.83. The molecule has 0 spiro atoms. The van der Waals surface area contributed by atoms with Gasteiger partial charge in [-0.3, -0.25) is 4.98 Å². The maximum Gasteiger partial charge on any atom is 0.175 e. The highest BCUT2D eigenvalue weighted by Crippen LogP contribution is 2.26. The molecule has 1 saturated heterocycles. The van der Waals surface area contributed by atoms with Crippen molar-refractivity contribution in [3.8, 4) is 11.3 Å². The highest BCUT2D eigenvalue weighted by molar-refractivity contribution is 7.90. The molecule has 1 unspecified atom stereocenters. The first kappa shape index (κ1) is 26.0. The third-order valence-corrected chi connectivity index (χ3v) is 8.35. The van der Waals surface area contributed by atoms with Crippen molar-refractivity contribution in [3.05, 3.63) is 72.9 Å². The van der Waals surface area contributed by atoms with Gasteiger partial charge in [-0.05, 0) is 66.7 Å². The molecule has 38 heavy (non-hydrogen) atoms. The molecule has 196 valence electrons. The number of rotatable bonds is 5. The lowest BCUT2D eigenvalue weighted by Crippen LogP contribution is -2.58. The van der Waals surface area contributed by atoms with Crippen LogP contribution in [0, 0.1) is 5.92 Å². The van der Waals surface area contributed by atoms with Crippen LogP contribution in [0.3, 0.4) is 0 Å². The number of pyridine rings is 1. The van der Waals surface area contributed by atoms with Gasteiger partial charge in [0.05, 0.1) is 22.1 Å². The fourth-order valence-electron chi connectivity index (χ4n) is 4.76. The molecule has 0 amide bonds. The van der Waals surface area contributed by atoms with Crippen LogP contribution in [0.25, 0.3) is 22.2 Å². The van der Waals surface area contributed by atoms with Crippen molar-refractivity contribution in [2.75, 3.05) is 36.1 Å². The van der Waals surface area contributed by atoms with Crippen molar-refractivity contribution >= 4 is 49.6 Å². The fourth-order valence-corrected chi connectivity index (χ4v) is 5.73. The molecular weight excluding hydrogens is 516 g/mol. The maximum atomic E-state index is 11.7. The van der Waals surface area contributed by atoms with Crippen molar-refractivity contribution in [2.24, 2.45) is 5.92 Å². The number of hydrogen-bond donors (Lipinski definition) is 1.